The Labute approximate surface area is 133 Å². The average Bonchev–Trinajstić information content (AvgIpc) is 2.55. The van der Waals surface area contributed by atoms with Gasteiger partial charge in [0, 0.05) is 37.6 Å². The van der Waals surface area contributed by atoms with Gasteiger partial charge in [0.1, 0.15) is 0 Å². The number of amides is 1. The smallest absolute Gasteiger partial charge is 0.223 e. The van der Waals surface area contributed by atoms with Crippen LogP contribution in [0, 0.1) is 11.8 Å². The summed E-state index contributed by atoms with van der Waals surface area (Å²) >= 11 is 0. The van der Waals surface area contributed by atoms with Gasteiger partial charge in [0.2, 0.25) is 5.91 Å². The first-order chi connectivity index (χ1) is 10.6. The number of nitrogens with one attached hydrogen (secondary N) is 1. The van der Waals surface area contributed by atoms with E-state index in [4.69, 9.17) is 0 Å². The van der Waals surface area contributed by atoms with E-state index in [0.717, 1.165) is 32.5 Å². The molecule has 4 heteroatoms. The van der Waals surface area contributed by atoms with Crippen LogP contribution in [0.3, 0.4) is 0 Å². The second kappa shape index (κ2) is 8.30. The van der Waals surface area contributed by atoms with Crippen molar-refractivity contribution in [3.8, 4) is 0 Å². The van der Waals surface area contributed by atoms with Crippen molar-refractivity contribution in [3.63, 3.8) is 0 Å². The topological polar surface area (TPSA) is 52.6 Å². The van der Waals surface area contributed by atoms with Gasteiger partial charge in [-0.25, -0.2) is 0 Å². The van der Waals surface area contributed by atoms with E-state index in [2.05, 4.69) is 34.5 Å². The molecule has 22 heavy (non-hydrogen) atoms. The number of hydrogen-bond donors (Lipinski definition) is 2. The number of piperidine rings is 1. The normalized spacial score (nSPS) is 24.0. The Morgan fingerprint density at radius 3 is 2.77 bits per heavy atom. The van der Waals surface area contributed by atoms with Crippen LogP contribution in [0.1, 0.15) is 32.3 Å². The van der Waals surface area contributed by atoms with Gasteiger partial charge in [0.05, 0.1) is 0 Å². The fraction of sp³-hybridized carbons (Fsp3) is 0.611. The highest BCUT2D eigenvalue weighted by Crippen LogP contribution is 2.20. The molecule has 0 aromatic heterocycles. The van der Waals surface area contributed by atoms with E-state index in [-0.39, 0.29) is 30.4 Å². The fourth-order valence-corrected chi connectivity index (χ4v) is 2.95. The van der Waals surface area contributed by atoms with Gasteiger partial charge < -0.3 is 10.4 Å². The van der Waals surface area contributed by atoms with Gasteiger partial charge in [-0.15, -0.1) is 0 Å². The van der Waals surface area contributed by atoms with Gasteiger partial charge in [-0.05, 0) is 24.9 Å². The van der Waals surface area contributed by atoms with Crippen molar-refractivity contribution in [2.24, 2.45) is 11.8 Å². The van der Waals surface area contributed by atoms with Crippen LogP contribution >= 0.6 is 0 Å². The predicted octanol–water partition coefficient (Wildman–Crippen LogP) is 2.03. The Kier molecular flexibility index (Phi) is 6.40. The van der Waals surface area contributed by atoms with E-state index in [1.165, 1.54) is 5.56 Å². The van der Waals surface area contributed by atoms with Crippen LogP contribution in [0.2, 0.25) is 0 Å². The Morgan fingerprint density at radius 1 is 1.41 bits per heavy atom. The first-order valence-electron chi connectivity index (χ1n) is 8.31. The summed E-state index contributed by atoms with van der Waals surface area (Å²) in [5.74, 6) is 0.302. The number of carbonyl (C=O) groups excluding carboxylic acids is 1. The number of rotatable bonds is 6. The van der Waals surface area contributed by atoms with Crippen molar-refractivity contribution in [3.05, 3.63) is 35.9 Å². The highest BCUT2D eigenvalue weighted by molar-refractivity contribution is 5.78. The Bertz CT molecular complexity index is 463. The summed E-state index contributed by atoms with van der Waals surface area (Å²) in [5, 5.41) is 12.7. The Balaban J connectivity index is 1.95. The number of carbonyl (C=O) groups is 1. The molecule has 122 valence electrons. The van der Waals surface area contributed by atoms with Crippen LogP contribution in [0.5, 0.6) is 0 Å². The summed E-state index contributed by atoms with van der Waals surface area (Å²) in [4.78, 5) is 14.5. The van der Waals surface area contributed by atoms with E-state index < -0.39 is 0 Å². The zero-order valence-corrected chi connectivity index (χ0v) is 13.7. The molecular weight excluding hydrogens is 276 g/mol. The molecule has 3 unspecified atom stereocenters. The van der Waals surface area contributed by atoms with Crippen molar-refractivity contribution >= 4 is 5.91 Å². The van der Waals surface area contributed by atoms with Crippen molar-refractivity contribution < 1.29 is 9.90 Å². The number of nitrogens with zero attached hydrogens (tertiary/aromatic N) is 1. The first kappa shape index (κ1) is 17.0. The molecule has 1 aliphatic heterocycles. The lowest BCUT2D eigenvalue weighted by molar-refractivity contribution is -0.126. The third-order valence-corrected chi connectivity index (χ3v) is 4.71. The second-order valence-corrected chi connectivity index (χ2v) is 6.38. The molecule has 0 saturated carbocycles. The highest BCUT2D eigenvalue weighted by Gasteiger charge is 2.30. The summed E-state index contributed by atoms with van der Waals surface area (Å²) in [7, 11) is 0. The maximum absolute atomic E-state index is 12.2. The molecule has 1 saturated heterocycles. The average molecular weight is 304 g/mol. The minimum absolute atomic E-state index is 0.0313. The minimum atomic E-state index is 0.0313. The molecule has 1 aromatic carbocycles. The maximum atomic E-state index is 12.2. The van der Waals surface area contributed by atoms with E-state index in [9.17, 15) is 9.90 Å². The molecule has 1 aliphatic rings. The van der Waals surface area contributed by atoms with Crippen LogP contribution in [0.25, 0.3) is 0 Å². The van der Waals surface area contributed by atoms with Crippen molar-refractivity contribution in [2.45, 2.75) is 39.3 Å². The monoisotopic (exact) mass is 304 g/mol. The summed E-state index contributed by atoms with van der Waals surface area (Å²) in [5.41, 5.74) is 1.29. The summed E-state index contributed by atoms with van der Waals surface area (Å²) in [6.45, 7) is 6.79. The van der Waals surface area contributed by atoms with Gasteiger partial charge in [-0.1, -0.05) is 44.2 Å². The maximum Gasteiger partial charge on any atom is 0.223 e. The van der Waals surface area contributed by atoms with Crippen LogP contribution in [-0.4, -0.2) is 41.7 Å². The molecule has 3 atom stereocenters. The summed E-state index contributed by atoms with van der Waals surface area (Å²) in [6.07, 6.45) is 1.77. The Hall–Kier alpha value is -1.39. The molecule has 0 spiro atoms. The summed E-state index contributed by atoms with van der Waals surface area (Å²) < 4.78 is 0. The zero-order valence-electron chi connectivity index (χ0n) is 13.7. The Morgan fingerprint density at radius 2 is 2.14 bits per heavy atom. The van der Waals surface area contributed by atoms with Gasteiger partial charge >= 0.3 is 0 Å². The molecule has 1 amide bonds. The SMILES string of the molecule is CCC(C)C(=O)NC1CN(Cc2ccccc2)CCC1CO. The molecular formula is C18H28N2O2. The van der Waals surface area contributed by atoms with Gasteiger partial charge in [0.15, 0.2) is 0 Å². The first-order valence-corrected chi connectivity index (χ1v) is 8.31. The van der Waals surface area contributed by atoms with E-state index in [0.29, 0.717) is 0 Å². The third kappa shape index (κ3) is 4.55. The number of benzene rings is 1. The highest BCUT2D eigenvalue weighted by atomic mass is 16.3. The second-order valence-electron chi connectivity index (χ2n) is 6.38. The van der Waals surface area contributed by atoms with Crippen LogP contribution in [0.4, 0.5) is 0 Å². The fourth-order valence-electron chi connectivity index (χ4n) is 2.95. The molecule has 0 aliphatic carbocycles. The number of likely N-dealkylation sites (tertiary alicyclic amines) is 1. The molecule has 0 bridgehead atoms. The molecule has 4 nitrogen and oxygen atoms in total. The van der Waals surface area contributed by atoms with Crippen LogP contribution in [0.15, 0.2) is 30.3 Å². The number of aliphatic hydroxyl groups excluding tert-OH is 1. The minimum Gasteiger partial charge on any atom is -0.396 e. The molecule has 2 N–H and O–H groups in total. The van der Waals surface area contributed by atoms with Crippen molar-refractivity contribution in [2.75, 3.05) is 19.7 Å². The van der Waals surface area contributed by atoms with Gasteiger partial charge in [0.25, 0.3) is 0 Å². The lowest BCUT2D eigenvalue weighted by Crippen LogP contribution is -2.54. The molecule has 2 rings (SSSR count). The molecule has 0 radical (unpaired) electrons. The van der Waals surface area contributed by atoms with Crippen LogP contribution in [-0.2, 0) is 11.3 Å². The van der Waals surface area contributed by atoms with Gasteiger partial charge in [-0.3, -0.25) is 9.69 Å². The zero-order chi connectivity index (χ0) is 15.9. The van der Waals surface area contributed by atoms with E-state index >= 15 is 0 Å². The molecule has 1 fully saturated rings. The van der Waals surface area contributed by atoms with Gasteiger partial charge in [-0.2, -0.15) is 0 Å². The lowest BCUT2D eigenvalue weighted by atomic mass is 9.91. The molecule has 1 heterocycles. The van der Waals surface area contributed by atoms with Crippen molar-refractivity contribution in [1.29, 1.82) is 0 Å². The third-order valence-electron chi connectivity index (χ3n) is 4.71. The van der Waals surface area contributed by atoms with Crippen molar-refractivity contribution in [1.82, 2.24) is 10.2 Å². The number of hydrogen-bond acceptors (Lipinski definition) is 3. The molecule has 1 aromatic rings. The van der Waals surface area contributed by atoms with Crippen LogP contribution < -0.4 is 5.32 Å². The summed E-state index contributed by atoms with van der Waals surface area (Å²) in [6, 6.07) is 10.4. The van der Waals surface area contributed by atoms with E-state index in [1.54, 1.807) is 0 Å². The quantitative estimate of drug-likeness (QED) is 0.845. The predicted molar refractivity (Wildman–Crippen MR) is 88.3 cm³/mol. The standard InChI is InChI=1S/C18H28N2O2/c1-3-14(2)18(22)19-17-12-20(10-9-16(17)13-21)11-15-7-5-4-6-8-15/h4-8,14,16-17,21H,3,9-13H2,1-2H3,(H,19,22). The number of aliphatic hydroxyl groups is 1. The van der Waals surface area contributed by atoms with E-state index in [1.807, 2.05) is 19.9 Å². The largest absolute Gasteiger partial charge is 0.396 e. The lowest BCUT2D eigenvalue weighted by Gasteiger charge is -2.38.